The number of thiazole rings is 1. The van der Waals surface area contributed by atoms with Crippen molar-refractivity contribution >= 4 is 22.4 Å². The van der Waals surface area contributed by atoms with Gasteiger partial charge in [-0.3, -0.25) is 9.69 Å². The lowest BCUT2D eigenvalue weighted by molar-refractivity contribution is -0.128. The average Bonchev–Trinajstić information content (AvgIpc) is 3.17. The Hall–Kier alpha value is -1.02. The molecule has 7 heteroatoms. The summed E-state index contributed by atoms with van der Waals surface area (Å²) in [5.74, 6) is 0.0132. The molecule has 2 saturated heterocycles. The number of aromatic nitrogens is 1. The predicted octanol–water partition coefficient (Wildman–Crippen LogP) is 0.986. The molecule has 0 bridgehead atoms. The fourth-order valence-corrected chi connectivity index (χ4v) is 3.40. The van der Waals surface area contributed by atoms with Gasteiger partial charge in [-0.25, -0.2) is 4.98 Å². The Balaban J connectivity index is 1.71. The monoisotopic (exact) mass is 311 g/mol. The van der Waals surface area contributed by atoms with Gasteiger partial charge < -0.3 is 14.4 Å². The minimum Gasteiger partial charge on any atom is -0.374 e. The molecule has 2 atom stereocenters. The van der Waals surface area contributed by atoms with Crippen molar-refractivity contribution in [2.75, 3.05) is 44.8 Å². The van der Waals surface area contributed by atoms with Gasteiger partial charge in [-0.1, -0.05) is 0 Å². The van der Waals surface area contributed by atoms with Crippen LogP contribution in [-0.4, -0.2) is 67.9 Å². The number of hydrogen-bond donors (Lipinski definition) is 0. The molecule has 0 unspecified atom stereocenters. The summed E-state index contributed by atoms with van der Waals surface area (Å²) in [6.45, 7) is 3.69. The number of hydrogen-bond acceptors (Lipinski definition) is 6. The van der Waals surface area contributed by atoms with Gasteiger partial charge in [0, 0.05) is 31.3 Å². The molecular weight excluding hydrogens is 290 g/mol. The zero-order chi connectivity index (χ0) is 14.7. The predicted molar refractivity (Wildman–Crippen MR) is 80.7 cm³/mol. The first-order valence-electron chi connectivity index (χ1n) is 7.36. The summed E-state index contributed by atoms with van der Waals surface area (Å²) < 4.78 is 11.3. The van der Waals surface area contributed by atoms with Crippen molar-refractivity contribution in [2.24, 2.45) is 0 Å². The molecule has 116 valence electrons. The van der Waals surface area contributed by atoms with Crippen molar-refractivity contribution in [1.82, 2.24) is 9.88 Å². The zero-order valence-electron chi connectivity index (χ0n) is 12.2. The van der Waals surface area contributed by atoms with Crippen LogP contribution in [0.5, 0.6) is 0 Å². The molecule has 2 aliphatic rings. The van der Waals surface area contributed by atoms with Crippen LogP contribution in [0.4, 0.5) is 5.13 Å². The van der Waals surface area contributed by atoms with E-state index in [1.165, 1.54) is 11.3 Å². The highest BCUT2D eigenvalue weighted by molar-refractivity contribution is 7.13. The maximum absolute atomic E-state index is 12.7. The van der Waals surface area contributed by atoms with E-state index in [1.54, 1.807) is 11.1 Å². The fraction of sp³-hybridized carbons (Fsp3) is 0.714. The summed E-state index contributed by atoms with van der Waals surface area (Å²) in [7, 11) is 2.07. The van der Waals surface area contributed by atoms with E-state index in [9.17, 15) is 4.79 Å². The molecule has 1 aromatic rings. The molecule has 0 N–H and O–H groups in total. The number of carbonyl (C=O) groups is 1. The summed E-state index contributed by atoms with van der Waals surface area (Å²) >= 11 is 1.48. The summed E-state index contributed by atoms with van der Waals surface area (Å²) in [6, 6.07) is 0. The molecule has 1 aromatic heterocycles. The summed E-state index contributed by atoms with van der Waals surface area (Å²) in [5.41, 5.74) is 0. The van der Waals surface area contributed by atoms with Gasteiger partial charge in [-0.05, 0) is 19.9 Å². The van der Waals surface area contributed by atoms with Gasteiger partial charge in [-0.2, -0.15) is 0 Å². The van der Waals surface area contributed by atoms with Crippen LogP contribution < -0.4 is 4.90 Å². The van der Waals surface area contributed by atoms with Crippen LogP contribution in [0, 0.1) is 0 Å². The number of ether oxygens (including phenoxy) is 2. The van der Waals surface area contributed by atoms with Gasteiger partial charge in [0.05, 0.1) is 19.3 Å². The Labute approximate surface area is 128 Å². The van der Waals surface area contributed by atoms with E-state index in [-0.39, 0.29) is 18.1 Å². The third kappa shape index (κ3) is 3.60. The number of amides is 1. The highest BCUT2D eigenvalue weighted by Crippen LogP contribution is 2.23. The number of likely N-dealkylation sites (N-methyl/N-ethyl adjacent to an activating group) is 1. The third-order valence-corrected chi connectivity index (χ3v) is 4.64. The van der Waals surface area contributed by atoms with Crippen molar-refractivity contribution in [3.8, 4) is 0 Å². The lowest BCUT2D eigenvalue weighted by Gasteiger charge is -2.33. The molecule has 2 aliphatic heterocycles. The molecule has 6 nitrogen and oxygen atoms in total. The van der Waals surface area contributed by atoms with Gasteiger partial charge in [0.2, 0.25) is 0 Å². The molecule has 1 amide bonds. The summed E-state index contributed by atoms with van der Waals surface area (Å²) in [6.07, 6.45) is 3.17. The largest absolute Gasteiger partial charge is 0.374 e. The Kier molecular flexibility index (Phi) is 4.84. The van der Waals surface area contributed by atoms with Crippen LogP contribution >= 0.6 is 11.3 Å². The van der Waals surface area contributed by atoms with Crippen LogP contribution in [0.15, 0.2) is 11.6 Å². The molecule has 3 rings (SSSR count). The second-order valence-electron chi connectivity index (χ2n) is 5.52. The van der Waals surface area contributed by atoms with E-state index in [2.05, 4.69) is 16.9 Å². The maximum Gasteiger partial charge on any atom is 0.257 e. The first-order valence-corrected chi connectivity index (χ1v) is 8.24. The van der Waals surface area contributed by atoms with Crippen LogP contribution in [0.2, 0.25) is 0 Å². The molecule has 0 spiro atoms. The van der Waals surface area contributed by atoms with E-state index in [1.807, 2.05) is 5.38 Å². The van der Waals surface area contributed by atoms with Crippen molar-refractivity contribution in [1.29, 1.82) is 0 Å². The summed E-state index contributed by atoms with van der Waals surface area (Å²) in [4.78, 5) is 21.0. The Morgan fingerprint density at radius 3 is 3.10 bits per heavy atom. The third-order valence-electron chi connectivity index (χ3n) is 3.85. The standard InChI is InChI=1S/C14H21N3O3S/c1-16-5-7-19-11(9-16)10-17(14-15-4-8-21-14)13(18)12-3-2-6-20-12/h4,8,11-12H,2-3,5-7,9-10H2,1H3/t11-,12+/m0/s1. The number of rotatable bonds is 4. The zero-order valence-corrected chi connectivity index (χ0v) is 13.1. The van der Waals surface area contributed by atoms with Crippen molar-refractivity contribution in [2.45, 2.75) is 25.0 Å². The van der Waals surface area contributed by atoms with Crippen LogP contribution in [0.3, 0.4) is 0 Å². The highest BCUT2D eigenvalue weighted by Gasteiger charge is 2.32. The molecule has 2 fully saturated rings. The van der Waals surface area contributed by atoms with Gasteiger partial charge in [0.15, 0.2) is 5.13 Å². The molecule has 3 heterocycles. The number of carbonyl (C=O) groups excluding carboxylic acids is 1. The maximum atomic E-state index is 12.7. The van der Waals surface area contributed by atoms with Crippen LogP contribution in [-0.2, 0) is 14.3 Å². The van der Waals surface area contributed by atoms with E-state index in [0.717, 1.165) is 31.1 Å². The Morgan fingerprint density at radius 1 is 1.52 bits per heavy atom. The normalized spacial score (nSPS) is 26.9. The van der Waals surface area contributed by atoms with Gasteiger partial charge >= 0.3 is 0 Å². The first-order chi connectivity index (χ1) is 10.2. The fourth-order valence-electron chi connectivity index (χ4n) is 2.74. The SMILES string of the molecule is CN1CCO[C@H](CN(C(=O)[C@H]2CCCO2)c2nccs2)C1. The Morgan fingerprint density at radius 2 is 2.43 bits per heavy atom. The van der Waals surface area contributed by atoms with Gasteiger partial charge in [-0.15, -0.1) is 11.3 Å². The minimum absolute atomic E-state index is 0.0132. The lowest BCUT2D eigenvalue weighted by atomic mass is 10.2. The molecule has 0 aliphatic carbocycles. The minimum atomic E-state index is -0.324. The van der Waals surface area contributed by atoms with E-state index in [0.29, 0.717) is 19.8 Å². The summed E-state index contributed by atoms with van der Waals surface area (Å²) in [5, 5.41) is 2.62. The smallest absolute Gasteiger partial charge is 0.257 e. The van der Waals surface area contributed by atoms with Crippen LogP contribution in [0.25, 0.3) is 0 Å². The van der Waals surface area contributed by atoms with E-state index >= 15 is 0 Å². The highest BCUT2D eigenvalue weighted by atomic mass is 32.1. The van der Waals surface area contributed by atoms with E-state index in [4.69, 9.17) is 9.47 Å². The lowest BCUT2D eigenvalue weighted by Crippen LogP contribution is -2.49. The molecule has 0 radical (unpaired) electrons. The molecule has 0 aromatic carbocycles. The van der Waals surface area contributed by atoms with Crippen LogP contribution in [0.1, 0.15) is 12.8 Å². The quantitative estimate of drug-likeness (QED) is 0.830. The first kappa shape index (κ1) is 14.9. The number of anilines is 1. The van der Waals surface area contributed by atoms with Crippen molar-refractivity contribution in [3.05, 3.63) is 11.6 Å². The Bertz CT molecular complexity index is 462. The van der Waals surface area contributed by atoms with E-state index < -0.39 is 0 Å². The number of morpholine rings is 1. The second kappa shape index (κ2) is 6.83. The molecule has 21 heavy (non-hydrogen) atoms. The van der Waals surface area contributed by atoms with Crippen molar-refractivity contribution < 1.29 is 14.3 Å². The number of nitrogens with zero attached hydrogens (tertiary/aromatic N) is 3. The second-order valence-corrected chi connectivity index (χ2v) is 6.39. The van der Waals surface area contributed by atoms with Gasteiger partial charge in [0.25, 0.3) is 5.91 Å². The van der Waals surface area contributed by atoms with Gasteiger partial charge in [0.1, 0.15) is 6.10 Å². The average molecular weight is 311 g/mol. The molecular formula is C14H21N3O3S. The topological polar surface area (TPSA) is 54.9 Å². The van der Waals surface area contributed by atoms with Crippen molar-refractivity contribution in [3.63, 3.8) is 0 Å². The molecule has 0 saturated carbocycles.